The van der Waals surface area contributed by atoms with Crippen molar-refractivity contribution in [1.29, 1.82) is 0 Å². The van der Waals surface area contributed by atoms with Crippen molar-refractivity contribution < 1.29 is 44.8 Å². The van der Waals surface area contributed by atoms with Crippen molar-refractivity contribution in [2.75, 3.05) is 13.2 Å². The van der Waals surface area contributed by atoms with E-state index in [2.05, 4.69) is 4.99 Å². The molecule has 2 heterocycles. The van der Waals surface area contributed by atoms with Gasteiger partial charge in [0.15, 0.2) is 12.5 Å². The smallest absolute Gasteiger partial charge is 0.186 e. The number of rotatable bonds is 6. The number of nitrogens with zero attached hydrogens (tertiary/aromatic N) is 1. The number of aliphatic imine (C=N–C) groups is 1. The largest absolute Gasteiger partial charge is 0.388 e. The monoisotopic (exact) mass is 428 g/mol. The molecule has 11 heteroatoms. The van der Waals surface area contributed by atoms with Crippen LogP contribution in [0.15, 0.2) is 35.3 Å². The molecule has 9 atom stereocenters. The lowest BCUT2D eigenvalue weighted by Crippen LogP contribution is -2.59. The predicted octanol–water partition coefficient (Wildman–Crippen LogP) is -3.15. The molecule has 0 aromatic heterocycles. The van der Waals surface area contributed by atoms with Crippen LogP contribution in [0.5, 0.6) is 0 Å². The molecule has 0 saturated carbocycles. The second-order valence-corrected chi connectivity index (χ2v) is 7.40. The molecule has 2 fully saturated rings. The molecule has 0 aliphatic carbocycles. The first-order chi connectivity index (χ1) is 14.3. The van der Waals surface area contributed by atoms with E-state index in [0.29, 0.717) is 6.42 Å². The molecule has 2 aliphatic heterocycles. The van der Waals surface area contributed by atoms with E-state index in [1.54, 1.807) is 0 Å². The van der Waals surface area contributed by atoms with Crippen molar-refractivity contribution in [2.24, 2.45) is 10.7 Å². The summed E-state index contributed by atoms with van der Waals surface area (Å²) in [6, 6.07) is 9.27. The first-order valence-electron chi connectivity index (χ1n) is 9.61. The second-order valence-electron chi connectivity index (χ2n) is 7.40. The van der Waals surface area contributed by atoms with E-state index in [0.717, 1.165) is 5.56 Å². The Hall–Kier alpha value is -1.67. The van der Waals surface area contributed by atoms with E-state index in [-0.39, 0.29) is 19.0 Å². The molecule has 1 aromatic rings. The average Bonchev–Trinajstić information content (AvgIpc) is 2.73. The highest BCUT2D eigenvalue weighted by Gasteiger charge is 2.45. The van der Waals surface area contributed by atoms with Crippen LogP contribution in [0.4, 0.5) is 0 Å². The Morgan fingerprint density at radius 2 is 1.67 bits per heavy atom. The minimum atomic E-state index is -1.57. The van der Waals surface area contributed by atoms with Gasteiger partial charge in [0.1, 0.15) is 48.6 Å². The lowest BCUT2D eigenvalue weighted by atomic mass is 9.98. The molecule has 2 aliphatic rings. The third-order valence-electron chi connectivity index (χ3n) is 5.09. The molecule has 8 N–H and O–H groups in total. The van der Waals surface area contributed by atoms with E-state index in [1.807, 2.05) is 30.3 Å². The minimum Gasteiger partial charge on any atom is -0.388 e. The van der Waals surface area contributed by atoms with Crippen molar-refractivity contribution in [3.05, 3.63) is 35.9 Å². The maximum atomic E-state index is 10.2. The summed E-state index contributed by atoms with van der Waals surface area (Å²) in [5, 5.41) is 59.6. The van der Waals surface area contributed by atoms with Crippen molar-refractivity contribution in [1.82, 2.24) is 0 Å². The Labute approximate surface area is 173 Å². The topological polar surface area (TPSA) is 187 Å². The van der Waals surface area contributed by atoms with E-state index in [4.69, 9.17) is 19.9 Å². The van der Waals surface area contributed by atoms with Crippen molar-refractivity contribution in [3.8, 4) is 0 Å². The normalized spacial score (nSPS) is 40.3. The lowest BCUT2D eigenvalue weighted by Gasteiger charge is -2.40. The van der Waals surface area contributed by atoms with Crippen LogP contribution in [0, 0.1) is 0 Å². The number of hydrogen-bond donors (Lipinski definition) is 7. The standard InChI is InChI=1S/C19H28N2O9/c20-12(6-9-4-2-1-3-5-9)21-18-16(26)15(25)14(24)11(30-18)8-29-19-17(27)13(23)10(22)7-28-19/h1-5,10-11,13-19,22-27H,6-8H2,(H2,20,21)/t10-,11-,13+,14-,15+,16-,17-,18-,19+/m1/s1. The van der Waals surface area contributed by atoms with Gasteiger partial charge in [-0.05, 0) is 5.56 Å². The summed E-state index contributed by atoms with van der Waals surface area (Å²) in [6.07, 6.45) is -12.1. The highest BCUT2D eigenvalue weighted by molar-refractivity contribution is 5.82. The van der Waals surface area contributed by atoms with Crippen LogP contribution in [0.1, 0.15) is 5.56 Å². The van der Waals surface area contributed by atoms with Crippen LogP contribution in [0.3, 0.4) is 0 Å². The van der Waals surface area contributed by atoms with Gasteiger partial charge in [-0.25, -0.2) is 4.99 Å². The van der Waals surface area contributed by atoms with Crippen molar-refractivity contribution in [2.45, 2.75) is 61.7 Å². The zero-order valence-corrected chi connectivity index (χ0v) is 16.1. The molecule has 0 unspecified atom stereocenters. The van der Waals surface area contributed by atoms with Gasteiger partial charge >= 0.3 is 0 Å². The summed E-state index contributed by atoms with van der Waals surface area (Å²) in [4.78, 5) is 4.12. The van der Waals surface area contributed by atoms with Crippen molar-refractivity contribution in [3.63, 3.8) is 0 Å². The van der Waals surface area contributed by atoms with Crippen LogP contribution in [-0.2, 0) is 20.6 Å². The molecule has 11 nitrogen and oxygen atoms in total. The van der Waals surface area contributed by atoms with Crippen molar-refractivity contribution >= 4 is 5.84 Å². The number of benzene rings is 1. The summed E-state index contributed by atoms with van der Waals surface area (Å²) >= 11 is 0. The van der Waals surface area contributed by atoms with Gasteiger partial charge < -0.3 is 50.6 Å². The van der Waals surface area contributed by atoms with Crippen LogP contribution in [0.25, 0.3) is 0 Å². The SMILES string of the molecule is NC(Cc1ccccc1)=N[C@@H]1O[C@H](CO[C@@H]2OC[C@@H](O)[C@H](O)[C@H]2O)[C@@H](O)[C@H](O)[C@H]1O. The van der Waals surface area contributed by atoms with Gasteiger partial charge in [-0.1, -0.05) is 30.3 Å². The van der Waals surface area contributed by atoms with Crippen LogP contribution in [-0.4, -0.2) is 105 Å². The Kier molecular flexibility index (Phi) is 7.74. The molecule has 0 amide bonds. The van der Waals surface area contributed by atoms with E-state index in [9.17, 15) is 30.6 Å². The van der Waals surface area contributed by atoms with Gasteiger partial charge in [-0.3, -0.25) is 0 Å². The number of hydrogen-bond acceptors (Lipinski definition) is 10. The summed E-state index contributed by atoms with van der Waals surface area (Å²) in [5.74, 6) is 0.164. The Morgan fingerprint density at radius 3 is 2.37 bits per heavy atom. The molecule has 0 spiro atoms. The van der Waals surface area contributed by atoms with E-state index >= 15 is 0 Å². The molecule has 3 rings (SSSR count). The Balaban J connectivity index is 1.62. The molecule has 0 radical (unpaired) electrons. The van der Waals surface area contributed by atoms with Gasteiger partial charge in [0.2, 0.25) is 0 Å². The third kappa shape index (κ3) is 5.32. The number of aliphatic hydroxyl groups is 6. The highest BCUT2D eigenvalue weighted by atomic mass is 16.7. The molecule has 1 aromatic carbocycles. The fourth-order valence-electron chi connectivity index (χ4n) is 3.31. The minimum absolute atomic E-state index is 0.164. The second kappa shape index (κ2) is 10.1. The van der Waals surface area contributed by atoms with Gasteiger partial charge in [0.25, 0.3) is 0 Å². The van der Waals surface area contributed by atoms with Gasteiger partial charge in [-0.15, -0.1) is 0 Å². The van der Waals surface area contributed by atoms with Gasteiger partial charge in [0.05, 0.1) is 13.2 Å². The van der Waals surface area contributed by atoms with Gasteiger partial charge in [0, 0.05) is 6.42 Å². The lowest BCUT2D eigenvalue weighted by molar-refractivity contribution is -0.290. The maximum Gasteiger partial charge on any atom is 0.186 e. The molecular weight excluding hydrogens is 400 g/mol. The molecule has 30 heavy (non-hydrogen) atoms. The number of aliphatic hydroxyl groups excluding tert-OH is 6. The molecule has 0 bridgehead atoms. The maximum absolute atomic E-state index is 10.2. The molecule has 168 valence electrons. The Bertz CT molecular complexity index is 707. The molecule has 2 saturated heterocycles. The fourth-order valence-corrected chi connectivity index (χ4v) is 3.31. The average molecular weight is 428 g/mol. The van der Waals surface area contributed by atoms with Crippen LogP contribution >= 0.6 is 0 Å². The zero-order valence-electron chi connectivity index (χ0n) is 16.1. The number of amidine groups is 1. The quantitative estimate of drug-likeness (QED) is 0.180. The first kappa shape index (κ1) is 23.0. The van der Waals surface area contributed by atoms with Crippen LogP contribution < -0.4 is 5.73 Å². The van der Waals surface area contributed by atoms with E-state index in [1.165, 1.54) is 0 Å². The first-order valence-corrected chi connectivity index (χ1v) is 9.61. The summed E-state index contributed by atoms with van der Waals surface area (Å²) < 4.78 is 16.0. The summed E-state index contributed by atoms with van der Waals surface area (Å²) in [7, 11) is 0. The fraction of sp³-hybridized carbons (Fsp3) is 0.632. The summed E-state index contributed by atoms with van der Waals surface area (Å²) in [5.41, 5.74) is 6.84. The Morgan fingerprint density at radius 1 is 0.967 bits per heavy atom. The molecular formula is C19H28N2O9. The summed E-state index contributed by atoms with van der Waals surface area (Å²) in [6.45, 7) is -0.596. The third-order valence-corrected chi connectivity index (χ3v) is 5.09. The highest BCUT2D eigenvalue weighted by Crippen LogP contribution is 2.24. The number of nitrogens with two attached hydrogens (primary N) is 1. The predicted molar refractivity (Wildman–Crippen MR) is 102 cm³/mol. The van der Waals surface area contributed by atoms with Gasteiger partial charge in [-0.2, -0.15) is 0 Å². The van der Waals surface area contributed by atoms with Crippen LogP contribution in [0.2, 0.25) is 0 Å². The van der Waals surface area contributed by atoms with E-state index < -0.39 is 55.2 Å². The number of ether oxygens (including phenoxy) is 3. The zero-order chi connectivity index (χ0) is 21.8.